The zero-order valence-electron chi connectivity index (χ0n) is 13.8. The van der Waals surface area contributed by atoms with Gasteiger partial charge in [0.15, 0.2) is 11.9 Å². The average molecular weight is 338 g/mol. The van der Waals surface area contributed by atoms with Crippen LogP contribution in [0.2, 0.25) is 0 Å². The van der Waals surface area contributed by atoms with Gasteiger partial charge in [0.05, 0.1) is 11.6 Å². The number of alkyl halides is 1. The van der Waals surface area contributed by atoms with Crippen molar-refractivity contribution in [3.8, 4) is 5.75 Å². The molecule has 1 atom stereocenters. The summed E-state index contributed by atoms with van der Waals surface area (Å²) < 4.78 is 5.65. The molecule has 0 saturated carbocycles. The Bertz CT molecular complexity index is 573. The normalized spacial score (nSPS) is 16.9. The second kappa shape index (κ2) is 8.34. The maximum absolute atomic E-state index is 12.4. The molecule has 1 aromatic rings. The average Bonchev–Trinajstić information content (AvgIpc) is 2.56. The van der Waals surface area contributed by atoms with Gasteiger partial charge in [0.25, 0.3) is 5.91 Å². The zero-order chi connectivity index (χ0) is 16.8. The van der Waals surface area contributed by atoms with Gasteiger partial charge in [0, 0.05) is 12.1 Å². The van der Waals surface area contributed by atoms with Gasteiger partial charge in [-0.3, -0.25) is 9.59 Å². The molecule has 1 heterocycles. The molecule has 1 aromatic carbocycles. The number of carbonyl (C=O) groups is 2. The van der Waals surface area contributed by atoms with Gasteiger partial charge >= 0.3 is 0 Å². The van der Waals surface area contributed by atoms with E-state index in [4.69, 9.17) is 16.3 Å². The lowest BCUT2D eigenvalue weighted by molar-refractivity contribution is -0.125. The highest BCUT2D eigenvalue weighted by molar-refractivity contribution is 6.30. The van der Waals surface area contributed by atoms with Crippen molar-refractivity contribution in [2.24, 2.45) is 0 Å². The number of carbonyl (C=O) groups excluding carboxylic acids is 2. The largest absolute Gasteiger partial charge is 0.479 e. The number of ketones is 1. The Balaban J connectivity index is 2.17. The van der Waals surface area contributed by atoms with Gasteiger partial charge in [0.2, 0.25) is 0 Å². The molecule has 1 aliphatic rings. The van der Waals surface area contributed by atoms with Crippen LogP contribution in [0.5, 0.6) is 5.75 Å². The van der Waals surface area contributed by atoms with Crippen molar-refractivity contribution in [1.29, 1.82) is 0 Å². The van der Waals surface area contributed by atoms with E-state index in [1.807, 2.05) is 0 Å². The molecule has 0 saturated heterocycles. The summed E-state index contributed by atoms with van der Waals surface area (Å²) in [6, 6.07) is 5.17. The lowest BCUT2D eigenvalue weighted by Gasteiger charge is -2.33. The molecule has 23 heavy (non-hydrogen) atoms. The van der Waals surface area contributed by atoms with Crippen molar-refractivity contribution in [3.63, 3.8) is 0 Å². The van der Waals surface area contributed by atoms with Crippen molar-refractivity contribution in [2.45, 2.75) is 52.1 Å². The topological polar surface area (TPSA) is 46.6 Å². The summed E-state index contributed by atoms with van der Waals surface area (Å²) in [6.07, 6.45) is 5.15. The van der Waals surface area contributed by atoms with Crippen LogP contribution in [-0.2, 0) is 4.79 Å². The zero-order valence-corrected chi connectivity index (χ0v) is 14.6. The Morgan fingerprint density at radius 3 is 2.70 bits per heavy atom. The SMILES string of the molecule is CCCCCCCN1C(=O)C(C)Oc2ccc(C(=O)CCl)cc21. The number of nitrogens with zero attached hydrogens (tertiary/aromatic N) is 1. The fourth-order valence-electron chi connectivity index (χ4n) is 2.76. The van der Waals surface area contributed by atoms with Crippen LogP contribution in [0.3, 0.4) is 0 Å². The van der Waals surface area contributed by atoms with Crippen molar-refractivity contribution >= 4 is 29.0 Å². The standard InChI is InChI=1S/C18H24ClNO3/c1-3-4-5-6-7-10-20-15-11-14(16(21)12-19)8-9-17(15)23-13(2)18(20)22/h8-9,11,13H,3-7,10,12H2,1-2H3. The molecular weight excluding hydrogens is 314 g/mol. The van der Waals surface area contributed by atoms with Crippen LogP contribution in [0, 0.1) is 0 Å². The number of anilines is 1. The highest BCUT2D eigenvalue weighted by Crippen LogP contribution is 2.35. The van der Waals surface area contributed by atoms with Crippen LogP contribution in [0.15, 0.2) is 18.2 Å². The van der Waals surface area contributed by atoms with Gasteiger partial charge in [0.1, 0.15) is 5.75 Å². The first-order valence-corrected chi connectivity index (χ1v) is 8.83. The molecule has 5 heteroatoms. The fraction of sp³-hybridized carbons (Fsp3) is 0.556. The number of hydrogen-bond acceptors (Lipinski definition) is 3. The van der Waals surface area contributed by atoms with Gasteiger partial charge in [-0.2, -0.15) is 0 Å². The molecular formula is C18H24ClNO3. The van der Waals surface area contributed by atoms with E-state index in [2.05, 4.69) is 6.92 Å². The number of amides is 1. The lowest BCUT2D eigenvalue weighted by Crippen LogP contribution is -2.45. The van der Waals surface area contributed by atoms with Crippen LogP contribution >= 0.6 is 11.6 Å². The maximum Gasteiger partial charge on any atom is 0.267 e. The van der Waals surface area contributed by atoms with E-state index in [0.29, 0.717) is 23.5 Å². The molecule has 1 amide bonds. The quantitative estimate of drug-likeness (QED) is 0.406. The Morgan fingerprint density at radius 1 is 1.26 bits per heavy atom. The van der Waals surface area contributed by atoms with Crippen LogP contribution in [-0.4, -0.2) is 30.2 Å². The van der Waals surface area contributed by atoms with Gasteiger partial charge in [-0.25, -0.2) is 0 Å². The number of Topliss-reactive ketones (excluding diaryl/α,β-unsaturated/α-hetero) is 1. The minimum absolute atomic E-state index is 0.0523. The molecule has 2 rings (SSSR count). The number of benzene rings is 1. The van der Waals surface area contributed by atoms with Crippen LogP contribution in [0.25, 0.3) is 0 Å². The van der Waals surface area contributed by atoms with E-state index in [0.717, 1.165) is 12.8 Å². The second-order valence-corrected chi connectivity index (χ2v) is 6.17. The fourth-order valence-corrected chi connectivity index (χ4v) is 2.92. The van der Waals surface area contributed by atoms with E-state index in [9.17, 15) is 9.59 Å². The summed E-state index contributed by atoms with van der Waals surface area (Å²) in [5.74, 6) is 0.379. The molecule has 0 aromatic heterocycles. The molecule has 0 N–H and O–H groups in total. The smallest absolute Gasteiger partial charge is 0.267 e. The summed E-state index contributed by atoms with van der Waals surface area (Å²) in [4.78, 5) is 26.0. The number of hydrogen-bond donors (Lipinski definition) is 0. The van der Waals surface area contributed by atoms with Gasteiger partial charge in [-0.05, 0) is 31.5 Å². The van der Waals surface area contributed by atoms with Gasteiger partial charge < -0.3 is 9.64 Å². The van der Waals surface area contributed by atoms with Gasteiger partial charge in [-0.1, -0.05) is 32.6 Å². The van der Waals surface area contributed by atoms with Crippen molar-refractivity contribution in [1.82, 2.24) is 0 Å². The third-order valence-electron chi connectivity index (χ3n) is 4.10. The molecule has 0 aliphatic carbocycles. The predicted molar refractivity (Wildman–Crippen MR) is 92.7 cm³/mol. The molecule has 0 bridgehead atoms. The van der Waals surface area contributed by atoms with Crippen LogP contribution in [0.4, 0.5) is 5.69 Å². The molecule has 126 valence electrons. The first-order chi connectivity index (χ1) is 11.1. The Morgan fingerprint density at radius 2 is 2.00 bits per heavy atom. The maximum atomic E-state index is 12.4. The summed E-state index contributed by atoms with van der Waals surface area (Å²) in [5, 5.41) is 0. The molecule has 1 unspecified atom stereocenters. The Labute approximate surface area is 142 Å². The summed E-state index contributed by atoms with van der Waals surface area (Å²) in [7, 11) is 0. The second-order valence-electron chi connectivity index (χ2n) is 5.90. The number of ether oxygens (including phenoxy) is 1. The van der Waals surface area contributed by atoms with Crippen LogP contribution < -0.4 is 9.64 Å². The van der Waals surface area contributed by atoms with E-state index in [-0.39, 0.29) is 17.6 Å². The van der Waals surface area contributed by atoms with E-state index >= 15 is 0 Å². The van der Waals surface area contributed by atoms with Crippen molar-refractivity contribution < 1.29 is 14.3 Å². The molecule has 0 fully saturated rings. The number of unbranched alkanes of at least 4 members (excludes halogenated alkanes) is 4. The monoisotopic (exact) mass is 337 g/mol. The third kappa shape index (κ3) is 4.25. The molecule has 4 nitrogen and oxygen atoms in total. The highest BCUT2D eigenvalue weighted by atomic mass is 35.5. The van der Waals surface area contributed by atoms with Crippen molar-refractivity contribution in [3.05, 3.63) is 23.8 Å². The van der Waals surface area contributed by atoms with E-state index in [1.54, 1.807) is 30.0 Å². The molecule has 0 radical (unpaired) electrons. The van der Waals surface area contributed by atoms with Crippen molar-refractivity contribution in [2.75, 3.05) is 17.3 Å². The number of halogens is 1. The first-order valence-electron chi connectivity index (χ1n) is 8.29. The molecule has 1 aliphatic heterocycles. The molecule has 0 spiro atoms. The Hall–Kier alpha value is -1.55. The highest BCUT2D eigenvalue weighted by Gasteiger charge is 2.31. The van der Waals surface area contributed by atoms with E-state index in [1.165, 1.54) is 19.3 Å². The first kappa shape index (κ1) is 17.8. The summed E-state index contributed by atoms with van der Waals surface area (Å²) >= 11 is 5.63. The minimum Gasteiger partial charge on any atom is -0.479 e. The third-order valence-corrected chi connectivity index (χ3v) is 4.34. The predicted octanol–water partition coefficient (Wildman–Crippen LogP) is 4.19. The summed E-state index contributed by atoms with van der Waals surface area (Å²) in [6.45, 7) is 4.59. The number of rotatable bonds is 8. The Kier molecular flexibility index (Phi) is 6.46. The van der Waals surface area contributed by atoms with E-state index < -0.39 is 6.10 Å². The lowest BCUT2D eigenvalue weighted by atomic mass is 10.1. The minimum atomic E-state index is -0.493. The summed E-state index contributed by atoms with van der Waals surface area (Å²) in [5.41, 5.74) is 1.19. The van der Waals surface area contributed by atoms with Crippen LogP contribution in [0.1, 0.15) is 56.3 Å². The van der Waals surface area contributed by atoms with Gasteiger partial charge in [-0.15, -0.1) is 11.6 Å². The number of fused-ring (bicyclic) bond motifs is 1.